The molecule has 0 unspecified atom stereocenters. The number of nitrogens with one attached hydrogen (secondary N) is 1. The highest BCUT2D eigenvalue weighted by molar-refractivity contribution is 5.91. The van der Waals surface area contributed by atoms with Crippen molar-refractivity contribution >= 4 is 12.1 Å². The van der Waals surface area contributed by atoms with Crippen molar-refractivity contribution in [3.63, 3.8) is 0 Å². The third-order valence-corrected chi connectivity index (χ3v) is 2.68. The zero-order chi connectivity index (χ0) is 15.1. The maximum Gasteiger partial charge on any atom is 0.418 e. The van der Waals surface area contributed by atoms with Gasteiger partial charge in [-0.3, -0.25) is 0 Å². The van der Waals surface area contributed by atoms with Gasteiger partial charge in [0.15, 0.2) is 0 Å². The van der Waals surface area contributed by atoms with Crippen LogP contribution in [0.25, 0.3) is 0 Å². The minimum Gasteiger partial charge on any atom is -0.449 e. The number of nitrogens with two attached hydrogens (primary N) is 1. The smallest absolute Gasteiger partial charge is 0.418 e. The minimum atomic E-state index is -0.688. The van der Waals surface area contributed by atoms with Crippen molar-refractivity contribution in [3.8, 4) is 0 Å². The number of rotatable bonds is 4. The lowest BCUT2D eigenvalue weighted by Crippen LogP contribution is -2.45. The number of amides is 3. The first-order valence-corrected chi connectivity index (χ1v) is 6.36. The van der Waals surface area contributed by atoms with Crippen LogP contribution in [0.2, 0.25) is 0 Å². The highest BCUT2D eigenvalue weighted by Crippen LogP contribution is 2.23. The SMILES string of the molecule is CCOC(=O)N(CCN)C(=O)N/C=C(\C)C(C)(C)C. The second-order valence-corrected chi connectivity index (χ2v) is 5.17. The van der Waals surface area contributed by atoms with Gasteiger partial charge in [0.2, 0.25) is 0 Å². The molecule has 3 N–H and O–H groups in total. The molecule has 0 heterocycles. The Morgan fingerprint density at radius 1 is 1.37 bits per heavy atom. The summed E-state index contributed by atoms with van der Waals surface area (Å²) in [6.45, 7) is 10.2. The first kappa shape index (κ1) is 17.4. The van der Waals surface area contributed by atoms with Gasteiger partial charge in [-0.25, -0.2) is 14.5 Å². The van der Waals surface area contributed by atoms with E-state index in [9.17, 15) is 9.59 Å². The fourth-order valence-corrected chi connectivity index (χ4v) is 1.07. The summed E-state index contributed by atoms with van der Waals surface area (Å²) in [6.07, 6.45) is 0.915. The number of ether oxygens (including phenoxy) is 1. The zero-order valence-corrected chi connectivity index (χ0v) is 12.4. The van der Waals surface area contributed by atoms with Gasteiger partial charge in [0.25, 0.3) is 0 Å². The van der Waals surface area contributed by atoms with E-state index in [2.05, 4.69) is 5.32 Å². The van der Waals surface area contributed by atoms with Gasteiger partial charge in [-0.2, -0.15) is 0 Å². The van der Waals surface area contributed by atoms with Crippen molar-refractivity contribution in [1.82, 2.24) is 10.2 Å². The van der Waals surface area contributed by atoms with Crippen LogP contribution in [0.15, 0.2) is 11.8 Å². The van der Waals surface area contributed by atoms with Crippen LogP contribution < -0.4 is 11.1 Å². The molecule has 0 saturated carbocycles. The normalized spacial score (nSPS) is 12.0. The Balaban J connectivity index is 4.71. The summed E-state index contributed by atoms with van der Waals surface area (Å²) in [5.74, 6) is 0. The largest absolute Gasteiger partial charge is 0.449 e. The Morgan fingerprint density at radius 2 is 1.95 bits per heavy atom. The molecule has 0 aromatic carbocycles. The summed E-state index contributed by atoms with van der Waals surface area (Å²) >= 11 is 0. The fourth-order valence-electron chi connectivity index (χ4n) is 1.07. The molecule has 0 aliphatic carbocycles. The average Bonchev–Trinajstić information content (AvgIpc) is 2.31. The maximum atomic E-state index is 11.9. The highest BCUT2D eigenvalue weighted by Gasteiger charge is 2.21. The molecule has 110 valence electrons. The maximum absolute atomic E-state index is 11.9. The van der Waals surface area contributed by atoms with E-state index in [0.717, 1.165) is 10.5 Å². The lowest BCUT2D eigenvalue weighted by Gasteiger charge is -2.21. The number of hydrogen-bond donors (Lipinski definition) is 2. The number of carbonyl (C=O) groups is 2. The molecule has 0 spiro atoms. The Hall–Kier alpha value is -1.56. The molecule has 3 amide bonds. The Labute approximate surface area is 115 Å². The molecule has 6 heteroatoms. The number of nitrogens with zero attached hydrogens (tertiary/aromatic N) is 1. The molecule has 19 heavy (non-hydrogen) atoms. The van der Waals surface area contributed by atoms with Crippen LogP contribution in [0, 0.1) is 5.41 Å². The topological polar surface area (TPSA) is 84.7 Å². The van der Waals surface area contributed by atoms with E-state index >= 15 is 0 Å². The monoisotopic (exact) mass is 271 g/mol. The highest BCUT2D eigenvalue weighted by atomic mass is 16.6. The van der Waals surface area contributed by atoms with E-state index in [1.807, 2.05) is 27.7 Å². The lowest BCUT2D eigenvalue weighted by molar-refractivity contribution is 0.116. The summed E-state index contributed by atoms with van der Waals surface area (Å²) < 4.78 is 4.80. The van der Waals surface area contributed by atoms with Gasteiger partial charge in [-0.05, 0) is 19.3 Å². The standard InChI is InChI=1S/C13H25N3O3/c1-6-19-12(18)16(8-7-14)11(17)15-9-10(2)13(3,4)5/h9H,6-8,14H2,1-5H3,(H,15,17)/b10-9+. The zero-order valence-electron chi connectivity index (χ0n) is 12.4. The minimum absolute atomic E-state index is 0.0457. The van der Waals surface area contributed by atoms with E-state index in [-0.39, 0.29) is 25.1 Å². The molecule has 0 fully saturated rings. The third-order valence-electron chi connectivity index (χ3n) is 2.68. The molecule has 0 aromatic rings. The van der Waals surface area contributed by atoms with Gasteiger partial charge in [-0.1, -0.05) is 26.3 Å². The lowest BCUT2D eigenvalue weighted by atomic mass is 9.88. The number of hydrogen-bond acceptors (Lipinski definition) is 4. The molecule has 0 radical (unpaired) electrons. The van der Waals surface area contributed by atoms with Crippen molar-refractivity contribution in [3.05, 3.63) is 11.8 Å². The Morgan fingerprint density at radius 3 is 2.37 bits per heavy atom. The number of carbonyl (C=O) groups excluding carboxylic acids is 2. The molecule has 0 aromatic heterocycles. The molecule has 0 bridgehead atoms. The van der Waals surface area contributed by atoms with Crippen LogP contribution in [0.1, 0.15) is 34.6 Å². The van der Waals surface area contributed by atoms with E-state index in [0.29, 0.717) is 0 Å². The number of urea groups is 1. The molecular formula is C13H25N3O3. The van der Waals surface area contributed by atoms with Gasteiger partial charge in [0, 0.05) is 19.3 Å². The van der Waals surface area contributed by atoms with Crippen molar-refractivity contribution < 1.29 is 14.3 Å². The second-order valence-electron chi connectivity index (χ2n) is 5.17. The Kier molecular flexibility index (Phi) is 7.14. The second kappa shape index (κ2) is 7.78. The predicted molar refractivity (Wildman–Crippen MR) is 74.5 cm³/mol. The molecule has 0 rings (SSSR count). The molecule has 0 saturated heterocycles. The molecule has 0 aliphatic heterocycles. The first-order chi connectivity index (χ1) is 8.73. The average molecular weight is 271 g/mol. The van der Waals surface area contributed by atoms with Crippen LogP contribution in [-0.2, 0) is 4.74 Å². The molecular weight excluding hydrogens is 246 g/mol. The van der Waals surface area contributed by atoms with Crippen LogP contribution in [0.4, 0.5) is 9.59 Å². The predicted octanol–water partition coefficient (Wildman–Crippen LogP) is 2.06. The van der Waals surface area contributed by atoms with Crippen molar-refractivity contribution in [2.75, 3.05) is 19.7 Å². The van der Waals surface area contributed by atoms with E-state index in [4.69, 9.17) is 10.5 Å². The Bertz CT molecular complexity index is 346. The fraction of sp³-hybridized carbons (Fsp3) is 0.692. The first-order valence-electron chi connectivity index (χ1n) is 6.36. The van der Waals surface area contributed by atoms with Crippen molar-refractivity contribution in [1.29, 1.82) is 0 Å². The van der Waals surface area contributed by atoms with Gasteiger partial charge < -0.3 is 15.8 Å². The number of imide groups is 1. The summed E-state index contributed by atoms with van der Waals surface area (Å²) in [5, 5.41) is 2.58. The molecule has 0 atom stereocenters. The van der Waals surface area contributed by atoms with Crippen molar-refractivity contribution in [2.24, 2.45) is 11.1 Å². The molecule has 0 aliphatic rings. The van der Waals surface area contributed by atoms with Crippen molar-refractivity contribution in [2.45, 2.75) is 34.6 Å². The van der Waals surface area contributed by atoms with Gasteiger partial charge in [0.05, 0.1) is 6.61 Å². The molecule has 6 nitrogen and oxygen atoms in total. The van der Waals surface area contributed by atoms with Gasteiger partial charge in [0.1, 0.15) is 0 Å². The third kappa shape index (κ3) is 6.24. The summed E-state index contributed by atoms with van der Waals surface area (Å²) in [5.41, 5.74) is 6.33. The van der Waals surface area contributed by atoms with Gasteiger partial charge in [-0.15, -0.1) is 0 Å². The van der Waals surface area contributed by atoms with Crippen LogP contribution in [0.5, 0.6) is 0 Å². The van der Waals surface area contributed by atoms with Crippen LogP contribution in [0.3, 0.4) is 0 Å². The van der Waals surface area contributed by atoms with Gasteiger partial charge >= 0.3 is 12.1 Å². The quantitative estimate of drug-likeness (QED) is 0.819. The summed E-state index contributed by atoms with van der Waals surface area (Å²) in [4.78, 5) is 24.4. The van der Waals surface area contributed by atoms with E-state index in [1.54, 1.807) is 13.1 Å². The van der Waals surface area contributed by atoms with Crippen LogP contribution in [-0.4, -0.2) is 36.7 Å². The summed E-state index contributed by atoms with van der Waals surface area (Å²) in [7, 11) is 0. The van der Waals surface area contributed by atoms with E-state index < -0.39 is 12.1 Å². The van der Waals surface area contributed by atoms with E-state index in [1.165, 1.54) is 0 Å². The number of allylic oxidation sites excluding steroid dienone is 1. The summed E-state index contributed by atoms with van der Waals surface area (Å²) in [6, 6.07) is -0.535. The van der Waals surface area contributed by atoms with Crippen LogP contribution >= 0.6 is 0 Å².